The number of hydrogen-bond donors (Lipinski definition) is 0. The fraction of sp³-hybridized carbons (Fsp3) is 0.500. The third-order valence-electron chi connectivity index (χ3n) is 4.84. The van der Waals surface area contributed by atoms with E-state index < -0.39 is 18.9 Å². The van der Waals surface area contributed by atoms with Crippen LogP contribution in [-0.2, 0) is 12.8 Å². The van der Waals surface area contributed by atoms with Crippen molar-refractivity contribution in [3.63, 3.8) is 0 Å². The molecule has 1 aliphatic carbocycles. The average Bonchev–Trinajstić information content (AvgIpc) is 2.83. The van der Waals surface area contributed by atoms with Crippen LogP contribution >= 0.6 is 11.6 Å². The first-order valence-corrected chi connectivity index (χ1v) is 9.83. The summed E-state index contributed by atoms with van der Waals surface area (Å²) in [5.74, 6) is -0.400. The van der Waals surface area contributed by atoms with E-state index in [-0.39, 0.29) is 0 Å². The molecule has 1 aliphatic rings. The van der Waals surface area contributed by atoms with E-state index in [1.807, 2.05) is 19.1 Å². The number of alkyl halides is 2. The first-order valence-electron chi connectivity index (χ1n) is 9.45. The van der Waals surface area contributed by atoms with Crippen LogP contribution in [0.25, 0.3) is 5.69 Å². The number of benzene rings is 1. The lowest BCUT2D eigenvalue weighted by Crippen LogP contribution is -2.36. The lowest BCUT2D eigenvalue weighted by Gasteiger charge is -2.21. The van der Waals surface area contributed by atoms with Gasteiger partial charge in [-0.05, 0) is 56.4 Å². The van der Waals surface area contributed by atoms with E-state index in [2.05, 4.69) is 5.10 Å². The highest BCUT2D eigenvalue weighted by molar-refractivity contribution is 6.30. The maximum atomic E-state index is 13.0. The maximum Gasteiger partial charge on any atom is 0.274 e. The van der Waals surface area contributed by atoms with Crippen LogP contribution in [0.3, 0.4) is 0 Å². The normalized spacial score (nSPS) is 14.1. The van der Waals surface area contributed by atoms with E-state index in [1.165, 1.54) is 4.90 Å². The summed E-state index contributed by atoms with van der Waals surface area (Å²) in [6.45, 7) is 1.61. The van der Waals surface area contributed by atoms with Gasteiger partial charge in [0, 0.05) is 22.8 Å². The van der Waals surface area contributed by atoms with Crippen molar-refractivity contribution in [3.05, 3.63) is 46.2 Å². The molecule has 0 fully saturated rings. The van der Waals surface area contributed by atoms with Gasteiger partial charge in [0.05, 0.1) is 12.2 Å². The second kappa shape index (κ2) is 8.83. The highest BCUT2D eigenvalue weighted by atomic mass is 35.5. The van der Waals surface area contributed by atoms with Gasteiger partial charge in [-0.3, -0.25) is 4.79 Å². The molecule has 0 aliphatic heterocycles. The molecule has 7 heteroatoms. The van der Waals surface area contributed by atoms with Gasteiger partial charge in [-0.1, -0.05) is 24.9 Å². The minimum atomic E-state index is -2.56. The SMILES string of the molecule is CCCN(CC(F)F)C(=O)c1nn(-c2ccc(Cl)cc2)c2c1CCCCC2. The maximum absolute atomic E-state index is 13.0. The molecule has 0 atom stereocenters. The monoisotopic (exact) mass is 395 g/mol. The quantitative estimate of drug-likeness (QED) is 0.651. The van der Waals surface area contributed by atoms with E-state index in [4.69, 9.17) is 11.6 Å². The Kier molecular flexibility index (Phi) is 6.47. The number of nitrogens with zero attached hydrogens (tertiary/aromatic N) is 3. The van der Waals surface area contributed by atoms with Crippen LogP contribution in [-0.4, -0.2) is 40.1 Å². The van der Waals surface area contributed by atoms with Gasteiger partial charge >= 0.3 is 0 Å². The number of carbonyl (C=O) groups is 1. The number of halogens is 3. The third kappa shape index (κ3) is 4.49. The Labute approximate surface area is 163 Å². The van der Waals surface area contributed by atoms with Gasteiger partial charge in [0.15, 0.2) is 5.69 Å². The number of hydrogen-bond acceptors (Lipinski definition) is 2. The minimum Gasteiger partial charge on any atom is -0.332 e. The van der Waals surface area contributed by atoms with Crippen molar-refractivity contribution in [3.8, 4) is 5.69 Å². The molecule has 0 saturated carbocycles. The van der Waals surface area contributed by atoms with Crippen LogP contribution in [0.1, 0.15) is 54.4 Å². The lowest BCUT2D eigenvalue weighted by atomic mass is 10.1. The van der Waals surface area contributed by atoms with Crippen molar-refractivity contribution < 1.29 is 13.6 Å². The number of rotatable bonds is 6. The molecule has 0 bridgehead atoms. The Morgan fingerprint density at radius 1 is 1.22 bits per heavy atom. The van der Waals surface area contributed by atoms with Crippen molar-refractivity contribution >= 4 is 17.5 Å². The molecule has 2 aromatic rings. The summed E-state index contributed by atoms with van der Waals surface area (Å²) in [7, 11) is 0. The molecule has 0 radical (unpaired) electrons. The lowest BCUT2D eigenvalue weighted by molar-refractivity contribution is 0.0549. The summed E-state index contributed by atoms with van der Waals surface area (Å²) in [6.07, 6.45) is 2.71. The molecule has 1 amide bonds. The van der Waals surface area contributed by atoms with E-state index in [0.717, 1.165) is 49.0 Å². The van der Waals surface area contributed by atoms with Crippen LogP contribution in [0.5, 0.6) is 0 Å². The first kappa shape index (κ1) is 19.8. The summed E-state index contributed by atoms with van der Waals surface area (Å²) in [5.41, 5.74) is 3.05. The Morgan fingerprint density at radius 2 is 1.93 bits per heavy atom. The van der Waals surface area contributed by atoms with Crippen LogP contribution in [0, 0.1) is 0 Å². The topological polar surface area (TPSA) is 38.1 Å². The zero-order valence-electron chi connectivity index (χ0n) is 15.4. The molecule has 27 heavy (non-hydrogen) atoms. The molecule has 1 aromatic carbocycles. The number of carbonyl (C=O) groups excluding carboxylic acids is 1. The van der Waals surface area contributed by atoms with E-state index in [0.29, 0.717) is 23.7 Å². The summed E-state index contributed by atoms with van der Waals surface area (Å²) >= 11 is 5.99. The fourth-order valence-electron chi connectivity index (χ4n) is 3.61. The third-order valence-corrected chi connectivity index (χ3v) is 5.10. The molecule has 0 saturated heterocycles. The summed E-state index contributed by atoms with van der Waals surface area (Å²) < 4.78 is 27.7. The van der Waals surface area contributed by atoms with Crippen LogP contribution in [0.2, 0.25) is 5.02 Å². The minimum absolute atomic E-state index is 0.297. The highest BCUT2D eigenvalue weighted by Gasteiger charge is 2.28. The van der Waals surface area contributed by atoms with Crippen molar-refractivity contribution in [1.29, 1.82) is 0 Å². The van der Waals surface area contributed by atoms with E-state index in [1.54, 1.807) is 16.8 Å². The van der Waals surface area contributed by atoms with Crippen molar-refractivity contribution in [2.75, 3.05) is 13.1 Å². The standard InChI is InChI=1S/C20H24ClF2N3O/c1-2-12-25(13-18(22)23)20(27)19-16-6-4-3-5-7-17(16)26(24-19)15-10-8-14(21)9-11-15/h8-11,18H,2-7,12-13H2,1H3. The van der Waals surface area contributed by atoms with Gasteiger partial charge in [0.1, 0.15) is 0 Å². The van der Waals surface area contributed by atoms with Gasteiger partial charge in [-0.25, -0.2) is 13.5 Å². The molecule has 4 nitrogen and oxygen atoms in total. The first-order chi connectivity index (χ1) is 13.0. The number of amides is 1. The number of fused-ring (bicyclic) bond motifs is 1. The summed E-state index contributed by atoms with van der Waals surface area (Å²) in [6, 6.07) is 7.28. The average molecular weight is 396 g/mol. The van der Waals surface area contributed by atoms with Crippen LogP contribution in [0.15, 0.2) is 24.3 Å². The Bertz CT molecular complexity index is 789. The number of aromatic nitrogens is 2. The van der Waals surface area contributed by atoms with E-state index >= 15 is 0 Å². The smallest absolute Gasteiger partial charge is 0.274 e. The molecule has 0 spiro atoms. The zero-order valence-corrected chi connectivity index (χ0v) is 16.2. The van der Waals surface area contributed by atoms with Gasteiger partial charge in [-0.15, -0.1) is 0 Å². The van der Waals surface area contributed by atoms with Gasteiger partial charge in [0.25, 0.3) is 12.3 Å². The molecular weight excluding hydrogens is 372 g/mol. The Hall–Kier alpha value is -1.95. The van der Waals surface area contributed by atoms with Crippen molar-refractivity contribution in [2.24, 2.45) is 0 Å². The van der Waals surface area contributed by atoms with Crippen LogP contribution in [0.4, 0.5) is 8.78 Å². The molecule has 3 rings (SSSR count). The zero-order chi connectivity index (χ0) is 19.4. The Balaban J connectivity index is 2.04. The predicted molar refractivity (Wildman–Crippen MR) is 102 cm³/mol. The second-order valence-corrected chi connectivity index (χ2v) is 7.30. The predicted octanol–water partition coefficient (Wildman–Crippen LogP) is 4.91. The second-order valence-electron chi connectivity index (χ2n) is 6.86. The Morgan fingerprint density at radius 3 is 2.59 bits per heavy atom. The van der Waals surface area contributed by atoms with Crippen LogP contribution < -0.4 is 0 Å². The van der Waals surface area contributed by atoms with E-state index in [9.17, 15) is 13.6 Å². The van der Waals surface area contributed by atoms with Crippen molar-refractivity contribution in [2.45, 2.75) is 51.9 Å². The molecule has 1 aromatic heterocycles. The molecule has 0 N–H and O–H groups in total. The van der Waals surface area contributed by atoms with Crippen molar-refractivity contribution in [1.82, 2.24) is 14.7 Å². The summed E-state index contributed by atoms with van der Waals surface area (Å²) in [5, 5.41) is 5.21. The molecule has 0 unspecified atom stereocenters. The molecule has 146 valence electrons. The summed E-state index contributed by atoms with van der Waals surface area (Å²) in [4.78, 5) is 14.3. The fourth-order valence-corrected chi connectivity index (χ4v) is 3.73. The van der Waals surface area contributed by atoms with Gasteiger partial charge < -0.3 is 4.90 Å². The highest BCUT2D eigenvalue weighted by Crippen LogP contribution is 2.28. The molecule has 1 heterocycles. The van der Waals surface area contributed by atoms with Gasteiger partial charge in [0.2, 0.25) is 0 Å². The van der Waals surface area contributed by atoms with Gasteiger partial charge in [-0.2, -0.15) is 5.10 Å². The molecular formula is C20H24ClF2N3O. The largest absolute Gasteiger partial charge is 0.332 e.